The molecule has 8 nitrogen and oxygen atoms in total. The van der Waals surface area contributed by atoms with Crippen LogP contribution in [0.5, 0.6) is 0 Å². The third-order valence-corrected chi connectivity index (χ3v) is 5.17. The summed E-state index contributed by atoms with van der Waals surface area (Å²) < 4.78 is 0. The molecule has 0 spiro atoms. The molecular weight excluding hydrogens is 426 g/mol. The molecule has 1 amide bonds. The predicted octanol–water partition coefficient (Wildman–Crippen LogP) is 5.51. The molecule has 0 saturated heterocycles. The zero-order chi connectivity index (χ0) is 22.3. The highest BCUT2D eigenvalue weighted by molar-refractivity contribution is 7.14. The van der Waals surface area contributed by atoms with E-state index in [0.29, 0.717) is 11.3 Å². The van der Waals surface area contributed by atoms with Crippen molar-refractivity contribution in [3.05, 3.63) is 100 Å². The van der Waals surface area contributed by atoms with E-state index in [2.05, 4.69) is 20.6 Å². The van der Waals surface area contributed by atoms with Crippen molar-refractivity contribution in [3.8, 4) is 11.3 Å². The maximum atomic E-state index is 12.1. The van der Waals surface area contributed by atoms with Crippen LogP contribution in [0.1, 0.15) is 5.56 Å². The number of pyridine rings is 1. The van der Waals surface area contributed by atoms with Crippen LogP contribution in [-0.4, -0.2) is 20.8 Å². The lowest BCUT2D eigenvalue weighted by Gasteiger charge is -2.05. The standard InChI is InChI=1S/C23H17N5O3S/c29-22(10-3-16-1-8-20(9-2-16)28(30)31)25-18-4-6-19(7-5-18)26-23-27-21(15-32-23)17-11-13-24-14-12-17/h1-15H,(H,25,29)(H,26,27)/b10-3+. The number of carbonyl (C=O) groups excluding carboxylic acids is 1. The van der Waals surface area contributed by atoms with Crippen molar-refractivity contribution in [2.24, 2.45) is 0 Å². The summed E-state index contributed by atoms with van der Waals surface area (Å²) in [5.74, 6) is -0.300. The van der Waals surface area contributed by atoms with Crippen LogP contribution >= 0.6 is 11.3 Å². The molecule has 0 unspecified atom stereocenters. The monoisotopic (exact) mass is 443 g/mol. The predicted molar refractivity (Wildman–Crippen MR) is 126 cm³/mol. The van der Waals surface area contributed by atoms with Gasteiger partial charge in [0, 0.05) is 52.9 Å². The van der Waals surface area contributed by atoms with Crippen molar-refractivity contribution < 1.29 is 9.72 Å². The maximum absolute atomic E-state index is 12.1. The van der Waals surface area contributed by atoms with E-state index in [-0.39, 0.29) is 11.6 Å². The Hall–Kier alpha value is -4.37. The normalized spacial score (nSPS) is 10.8. The lowest BCUT2D eigenvalue weighted by Crippen LogP contribution is -2.07. The van der Waals surface area contributed by atoms with E-state index in [1.54, 1.807) is 42.7 Å². The molecule has 4 rings (SSSR count). The van der Waals surface area contributed by atoms with E-state index in [0.717, 1.165) is 22.1 Å². The average Bonchev–Trinajstić information content (AvgIpc) is 3.28. The Balaban J connectivity index is 1.33. The molecule has 9 heteroatoms. The van der Waals surface area contributed by atoms with Gasteiger partial charge in [-0.2, -0.15) is 0 Å². The summed E-state index contributed by atoms with van der Waals surface area (Å²) in [6, 6.07) is 17.1. The Kier molecular flexibility index (Phi) is 6.28. The molecule has 2 aromatic carbocycles. The Morgan fingerprint density at radius 1 is 0.969 bits per heavy atom. The van der Waals surface area contributed by atoms with Gasteiger partial charge in [0.15, 0.2) is 5.13 Å². The summed E-state index contributed by atoms with van der Waals surface area (Å²) >= 11 is 1.50. The molecule has 2 aromatic heterocycles. The highest BCUT2D eigenvalue weighted by Gasteiger charge is 2.06. The first-order chi connectivity index (χ1) is 15.6. The lowest BCUT2D eigenvalue weighted by molar-refractivity contribution is -0.384. The number of aromatic nitrogens is 2. The fourth-order valence-corrected chi connectivity index (χ4v) is 3.55. The van der Waals surface area contributed by atoms with E-state index in [1.807, 2.05) is 29.6 Å². The van der Waals surface area contributed by atoms with Gasteiger partial charge < -0.3 is 10.6 Å². The number of rotatable bonds is 7. The van der Waals surface area contributed by atoms with Crippen LogP contribution in [0.25, 0.3) is 17.3 Å². The fourth-order valence-electron chi connectivity index (χ4n) is 2.81. The topological polar surface area (TPSA) is 110 Å². The molecule has 0 atom stereocenters. The van der Waals surface area contributed by atoms with Gasteiger partial charge in [0.05, 0.1) is 10.6 Å². The number of nitro groups is 1. The largest absolute Gasteiger partial charge is 0.332 e. The van der Waals surface area contributed by atoms with E-state index >= 15 is 0 Å². The molecule has 0 saturated carbocycles. The number of amides is 1. The molecular formula is C23H17N5O3S. The van der Waals surface area contributed by atoms with Gasteiger partial charge in [-0.3, -0.25) is 19.9 Å². The molecule has 32 heavy (non-hydrogen) atoms. The Labute approximate surface area is 187 Å². The molecule has 0 aliphatic carbocycles. The number of nitro benzene ring substituents is 1. The number of non-ortho nitro benzene ring substituents is 1. The summed E-state index contributed by atoms with van der Waals surface area (Å²) in [7, 11) is 0. The summed E-state index contributed by atoms with van der Waals surface area (Å²) in [5.41, 5.74) is 4.07. The van der Waals surface area contributed by atoms with Crippen LogP contribution in [0.15, 0.2) is 84.5 Å². The third-order valence-electron chi connectivity index (χ3n) is 4.42. The van der Waals surface area contributed by atoms with Crippen molar-refractivity contribution in [1.82, 2.24) is 9.97 Å². The van der Waals surface area contributed by atoms with Gasteiger partial charge in [0.25, 0.3) is 5.69 Å². The van der Waals surface area contributed by atoms with Gasteiger partial charge in [-0.05, 0) is 60.2 Å². The quantitative estimate of drug-likeness (QED) is 0.221. The molecule has 2 N–H and O–H groups in total. The van der Waals surface area contributed by atoms with Crippen LogP contribution in [0.2, 0.25) is 0 Å². The minimum absolute atomic E-state index is 0.00615. The molecule has 0 radical (unpaired) electrons. The molecule has 158 valence electrons. The fraction of sp³-hybridized carbons (Fsp3) is 0. The number of nitrogens with zero attached hydrogens (tertiary/aromatic N) is 3. The first-order valence-corrected chi connectivity index (χ1v) is 10.4. The lowest BCUT2D eigenvalue weighted by atomic mass is 10.2. The zero-order valence-corrected chi connectivity index (χ0v) is 17.5. The van der Waals surface area contributed by atoms with E-state index in [1.165, 1.54) is 29.5 Å². The van der Waals surface area contributed by atoms with Crippen molar-refractivity contribution in [3.63, 3.8) is 0 Å². The van der Waals surface area contributed by atoms with Crippen LogP contribution in [0, 0.1) is 10.1 Å². The Bertz CT molecular complexity index is 1250. The SMILES string of the molecule is O=C(/C=C/c1ccc([N+](=O)[O-])cc1)Nc1ccc(Nc2nc(-c3ccncc3)cs2)cc1. The number of nitrogens with one attached hydrogen (secondary N) is 2. The number of hydrogen-bond donors (Lipinski definition) is 2. The summed E-state index contributed by atoms with van der Waals surface area (Å²) in [6.45, 7) is 0. The van der Waals surface area contributed by atoms with E-state index < -0.39 is 4.92 Å². The highest BCUT2D eigenvalue weighted by atomic mass is 32.1. The van der Waals surface area contributed by atoms with E-state index in [4.69, 9.17) is 0 Å². The molecule has 0 bridgehead atoms. The van der Waals surface area contributed by atoms with Crippen LogP contribution in [0.3, 0.4) is 0 Å². The molecule has 4 aromatic rings. The van der Waals surface area contributed by atoms with Gasteiger partial charge >= 0.3 is 0 Å². The third kappa shape index (κ3) is 5.41. The second kappa shape index (κ2) is 9.63. The van der Waals surface area contributed by atoms with Crippen LogP contribution < -0.4 is 10.6 Å². The van der Waals surface area contributed by atoms with Gasteiger partial charge in [-0.1, -0.05) is 0 Å². The molecule has 0 aliphatic heterocycles. The minimum Gasteiger partial charge on any atom is -0.332 e. The summed E-state index contributed by atoms with van der Waals surface area (Å²) in [5, 5.41) is 19.4. The number of hydrogen-bond acceptors (Lipinski definition) is 7. The number of thiazole rings is 1. The first kappa shape index (κ1) is 20.9. The van der Waals surface area contributed by atoms with Gasteiger partial charge in [0.1, 0.15) is 0 Å². The summed E-state index contributed by atoms with van der Waals surface area (Å²) in [4.78, 5) is 30.9. The second-order valence-electron chi connectivity index (χ2n) is 6.65. The number of benzene rings is 2. The number of carbonyl (C=O) groups is 1. The molecule has 0 fully saturated rings. The smallest absolute Gasteiger partial charge is 0.269 e. The molecule has 0 aliphatic rings. The van der Waals surface area contributed by atoms with Gasteiger partial charge in [0.2, 0.25) is 5.91 Å². The first-order valence-electron chi connectivity index (χ1n) is 9.53. The Morgan fingerprint density at radius 2 is 1.66 bits per heavy atom. The summed E-state index contributed by atoms with van der Waals surface area (Å²) in [6.07, 6.45) is 6.44. The zero-order valence-electron chi connectivity index (χ0n) is 16.6. The average molecular weight is 443 g/mol. The maximum Gasteiger partial charge on any atom is 0.269 e. The van der Waals surface area contributed by atoms with Gasteiger partial charge in [-0.25, -0.2) is 4.98 Å². The van der Waals surface area contributed by atoms with Crippen molar-refractivity contribution in [2.75, 3.05) is 10.6 Å². The minimum atomic E-state index is -0.465. The van der Waals surface area contributed by atoms with Crippen molar-refractivity contribution >= 4 is 45.5 Å². The van der Waals surface area contributed by atoms with Gasteiger partial charge in [-0.15, -0.1) is 11.3 Å². The number of anilines is 3. The molecule has 2 heterocycles. The van der Waals surface area contributed by atoms with Crippen LogP contribution in [0.4, 0.5) is 22.2 Å². The Morgan fingerprint density at radius 3 is 2.34 bits per heavy atom. The van der Waals surface area contributed by atoms with Crippen LogP contribution in [-0.2, 0) is 4.79 Å². The van der Waals surface area contributed by atoms with Crippen molar-refractivity contribution in [2.45, 2.75) is 0 Å². The van der Waals surface area contributed by atoms with Crippen molar-refractivity contribution in [1.29, 1.82) is 0 Å². The second-order valence-corrected chi connectivity index (χ2v) is 7.51. The highest BCUT2D eigenvalue weighted by Crippen LogP contribution is 2.27. The van der Waals surface area contributed by atoms with E-state index in [9.17, 15) is 14.9 Å².